The summed E-state index contributed by atoms with van der Waals surface area (Å²) in [6, 6.07) is 25.4. The fraction of sp³-hybridized carbons (Fsp3) is 0.207. The van der Waals surface area contributed by atoms with Crippen molar-refractivity contribution in [1.82, 2.24) is 9.55 Å². The Balaban J connectivity index is 0.00000108. The molecule has 0 amide bonds. The van der Waals surface area contributed by atoms with Crippen molar-refractivity contribution >= 4 is 12.1 Å². The highest BCUT2D eigenvalue weighted by Crippen LogP contribution is 2.29. The van der Waals surface area contributed by atoms with E-state index in [4.69, 9.17) is 9.59 Å². The molecule has 6 heteroatoms. The summed E-state index contributed by atoms with van der Waals surface area (Å²) in [5.41, 5.74) is 7.28. The molecule has 3 aromatic carbocycles. The van der Waals surface area contributed by atoms with Crippen LogP contribution in [0.25, 0.3) is 22.3 Å². The molecule has 1 aromatic heterocycles. The number of hydrogen-bond acceptors (Lipinski definition) is 4. The van der Waals surface area contributed by atoms with Crippen molar-refractivity contribution in [2.24, 2.45) is 0 Å². The third-order valence-electron chi connectivity index (χ3n) is 5.86. The van der Waals surface area contributed by atoms with Crippen LogP contribution < -0.4 is 0 Å². The molecule has 0 aliphatic rings. The summed E-state index contributed by atoms with van der Waals surface area (Å²) in [6.07, 6.45) is 4.55. The van der Waals surface area contributed by atoms with Crippen molar-refractivity contribution in [3.63, 3.8) is 0 Å². The van der Waals surface area contributed by atoms with Crippen molar-refractivity contribution in [3.8, 4) is 22.3 Å². The fourth-order valence-corrected chi connectivity index (χ4v) is 4.01. The third kappa shape index (κ3) is 6.40. The number of carboxylic acids is 1. The molecule has 1 heterocycles. The van der Waals surface area contributed by atoms with Crippen LogP contribution in [0.3, 0.4) is 0 Å². The zero-order chi connectivity index (χ0) is 25.2. The number of hydrogen-bond donors (Lipinski definition) is 1. The highest BCUT2D eigenvalue weighted by atomic mass is 16.4. The van der Waals surface area contributed by atoms with Gasteiger partial charge in [-0.1, -0.05) is 80.1 Å². The number of unbranched alkanes of at least 4 members (excludes halogenated alkanes) is 1. The first-order valence-corrected chi connectivity index (χ1v) is 11.5. The van der Waals surface area contributed by atoms with Gasteiger partial charge in [0.05, 0.1) is 6.20 Å². The van der Waals surface area contributed by atoms with E-state index in [9.17, 15) is 9.90 Å². The fourth-order valence-electron chi connectivity index (χ4n) is 4.01. The van der Waals surface area contributed by atoms with E-state index in [2.05, 4.69) is 85.6 Å². The van der Waals surface area contributed by atoms with Gasteiger partial charge in [-0.25, -0.2) is 9.78 Å². The second kappa shape index (κ2) is 12.3. The summed E-state index contributed by atoms with van der Waals surface area (Å²) < 4.78 is 1.83. The largest absolute Gasteiger partial charge is 0.477 e. The lowest BCUT2D eigenvalue weighted by Gasteiger charge is -2.13. The molecular formula is C29H28N2O4. The molecule has 0 radical (unpaired) electrons. The summed E-state index contributed by atoms with van der Waals surface area (Å²) in [5, 5.41) is 9.56. The Labute approximate surface area is 204 Å². The first kappa shape index (κ1) is 25.3. The second-order valence-electron chi connectivity index (χ2n) is 8.23. The maximum Gasteiger partial charge on any atom is 0.373 e. The van der Waals surface area contributed by atoms with Gasteiger partial charge >= 0.3 is 12.1 Å². The monoisotopic (exact) mass is 468 g/mol. The van der Waals surface area contributed by atoms with Gasteiger partial charge in [0.25, 0.3) is 0 Å². The molecule has 178 valence electrons. The lowest BCUT2D eigenvalue weighted by Crippen LogP contribution is -2.12. The number of carboxylic acid groups (broad SMARTS) is 1. The molecule has 1 N–H and O–H groups in total. The van der Waals surface area contributed by atoms with Crippen molar-refractivity contribution in [3.05, 3.63) is 102 Å². The Bertz CT molecular complexity index is 1300. The highest BCUT2D eigenvalue weighted by molar-refractivity contribution is 5.85. The molecule has 0 unspecified atom stereocenters. The number of benzene rings is 3. The molecule has 4 rings (SSSR count). The van der Waals surface area contributed by atoms with Crippen LogP contribution in [0.2, 0.25) is 0 Å². The standard InChI is InChI=1S/C28H28N2O2.CO2/c1-3-4-10-27-29-18-26(28(31)32)30(27)19-21-12-15-23(16-13-21)25-17-24(14-11-20(25)2)22-8-6-5-7-9-22;2-1-3/h5-9,11-18H,3-4,10,19H2,1-2H3,(H,31,32);. The van der Waals surface area contributed by atoms with Crippen molar-refractivity contribution in [1.29, 1.82) is 0 Å². The Morgan fingerprint density at radius 2 is 1.60 bits per heavy atom. The molecule has 6 nitrogen and oxygen atoms in total. The van der Waals surface area contributed by atoms with Crippen LogP contribution in [0.15, 0.2) is 79.0 Å². The Morgan fingerprint density at radius 3 is 2.23 bits per heavy atom. The van der Waals surface area contributed by atoms with Crippen LogP contribution in [0.1, 0.15) is 47.2 Å². The van der Waals surface area contributed by atoms with Gasteiger partial charge in [-0.2, -0.15) is 9.59 Å². The number of aromatic carboxylic acids is 1. The lowest BCUT2D eigenvalue weighted by molar-refractivity contribution is -0.191. The zero-order valence-corrected chi connectivity index (χ0v) is 19.9. The van der Waals surface area contributed by atoms with Crippen LogP contribution in [-0.4, -0.2) is 26.8 Å². The van der Waals surface area contributed by atoms with Crippen molar-refractivity contribution in [2.75, 3.05) is 0 Å². The number of aromatic nitrogens is 2. The SMILES string of the molecule is CCCCc1ncc(C(=O)O)n1Cc1ccc(-c2cc(-c3ccccc3)ccc2C)cc1.O=C=O. The van der Waals surface area contributed by atoms with E-state index in [0.717, 1.165) is 36.2 Å². The summed E-state index contributed by atoms with van der Waals surface area (Å²) in [7, 11) is 0. The Morgan fingerprint density at radius 1 is 0.943 bits per heavy atom. The minimum atomic E-state index is -0.940. The molecule has 35 heavy (non-hydrogen) atoms. The van der Waals surface area contributed by atoms with E-state index in [0.29, 0.717) is 6.54 Å². The molecule has 0 aliphatic heterocycles. The number of carbonyl (C=O) groups excluding carboxylic acids is 2. The van der Waals surface area contributed by atoms with Crippen LogP contribution in [0.5, 0.6) is 0 Å². The van der Waals surface area contributed by atoms with Crippen LogP contribution in [0.4, 0.5) is 0 Å². The summed E-state index contributed by atoms with van der Waals surface area (Å²) in [6.45, 7) is 4.76. The van der Waals surface area contributed by atoms with Gasteiger partial charge in [0.15, 0.2) is 0 Å². The van der Waals surface area contributed by atoms with Crippen LogP contribution >= 0.6 is 0 Å². The minimum absolute atomic E-state index is 0.242. The van der Waals surface area contributed by atoms with Gasteiger partial charge in [-0.15, -0.1) is 0 Å². The van der Waals surface area contributed by atoms with E-state index >= 15 is 0 Å². The predicted octanol–water partition coefficient (Wildman–Crippen LogP) is 6.03. The highest BCUT2D eigenvalue weighted by Gasteiger charge is 2.16. The number of rotatable bonds is 8. The molecule has 0 fully saturated rings. The molecular weight excluding hydrogens is 440 g/mol. The van der Waals surface area contributed by atoms with Crippen molar-refractivity contribution in [2.45, 2.75) is 39.7 Å². The topological polar surface area (TPSA) is 89.3 Å². The quantitative estimate of drug-likeness (QED) is 0.341. The molecule has 0 saturated heterocycles. The van der Waals surface area contributed by atoms with Gasteiger partial charge in [-0.05, 0) is 52.8 Å². The van der Waals surface area contributed by atoms with E-state index in [1.165, 1.54) is 28.5 Å². The Hall–Kier alpha value is -4.28. The molecule has 0 aliphatic carbocycles. The number of imidazole rings is 1. The first-order chi connectivity index (χ1) is 17.0. The molecule has 4 aromatic rings. The van der Waals surface area contributed by atoms with Gasteiger partial charge in [0.1, 0.15) is 11.5 Å². The van der Waals surface area contributed by atoms with Crippen molar-refractivity contribution < 1.29 is 19.5 Å². The van der Waals surface area contributed by atoms with Gasteiger partial charge in [0.2, 0.25) is 0 Å². The summed E-state index contributed by atoms with van der Waals surface area (Å²) in [5.74, 6) is -0.107. The smallest absolute Gasteiger partial charge is 0.373 e. The van der Waals surface area contributed by atoms with Gasteiger partial charge in [0, 0.05) is 13.0 Å². The van der Waals surface area contributed by atoms with E-state index in [1.807, 2.05) is 10.6 Å². The normalized spacial score (nSPS) is 10.2. The molecule has 0 bridgehead atoms. The number of carbonyl (C=O) groups is 1. The molecule has 0 spiro atoms. The van der Waals surface area contributed by atoms with E-state index in [-0.39, 0.29) is 11.8 Å². The maximum absolute atomic E-state index is 11.7. The Kier molecular flexibility index (Phi) is 8.88. The summed E-state index contributed by atoms with van der Waals surface area (Å²) in [4.78, 5) is 32.3. The predicted molar refractivity (Wildman–Crippen MR) is 134 cm³/mol. The van der Waals surface area contributed by atoms with Gasteiger partial charge in [-0.3, -0.25) is 0 Å². The van der Waals surface area contributed by atoms with Crippen LogP contribution in [0, 0.1) is 6.92 Å². The number of aryl methyl sites for hydroxylation is 2. The summed E-state index contributed by atoms with van der Waals surface area (Å²) >= 11 is 0. The van der Waals surface area contributed by atoms with E-state index < -0.39 is 5.97 Å². The van der Waals surface area contributed by atoms with E-state index in [1.54, 1.807) is 0 Å². The second-order valence-corrected chi connectivity index (χ2v) is 8.23. The van der Waals surface area contributed by atoms with Crippen LogP contribution in [-0.2, 0) is 22.6 Å². The average molecular weight is 469 g/mol. The zero-order valence-electron chi connectivity index (χ0n) is 19.9. The first-order valence-electron chi connectivity index (χ1n) is 11.5. The number of nitrogens with zero attached hydrogens (tertiary/aromatic N) is 2. The third-order valence-corrected chi connectivity index (χ3v) is 5.86. The molecule has 0 saturated carbocycles. The lowest BCUT2D eigenvalue weighted by atomic mass is 9.95. The maximum atomic E-state index is 11.7. The average Bonchev–Trinajstić information content (AvgIpc) is 3.27. The van der Waals surface area contributed by atoms with Gasteiger partial charge < -0.3 is 9.67 Å². The molecule has 0 atom stereocenters. The minimum Gasteiger partial charge on any atom is -0.477 e.